The quantitative estimate of drug-likeness (QED) is 0.184. The first kappa shape index (κ1) is 31.0. The van der Waals surface area contributed by atoms with Crippen molar-refractivity contribution in [1.29, 1.82) is 0 Å². The Morgan fingerprint density at radius 1 is 0.600 bits per heavy atom. The summed E-state index contributed by atoms with van der Waals surface area (Å²) in [4.78, 5) is 23.2. The summed E-state index contributed by atoms with van der Waals surface area (Å²) in [7, 11) is 0. The molecule has 1 rings (SSSR count). The summed E-state index contributed by atoms with van der Waals surface area (Å²) in [6.45, 7) is 10.1. The van der Waals surface area contributed by atoms with Gasteiger partial charge in [-0.3, -0.25) is 0 Å². The fourth-order valence-electron chi connectivity index (χ4n) is 2.48. The van der Waals surface area contributed by atoms with Gasteiger partial charge in [0, 0.05) is 0 Å². The normalized spacial score (nSPS) is 11.4. The topological polar surface area (TPSA) is 108 Å². The summed E-state index contributed by atoms with van der Waals surface area (Å²) in [6, 6.07) is 8.82. The Morgan fingerprint density at radius 3 is 1.43 bits per heavy atom. The maximum Gasteiger partial charge on any atom is 0.338 e. The largest absolute Gasteiger partial charge is 0.460 e. The lowest BCUT2D eigenvalue weighted by molar-refractivity contribution is -0.160. The molecule has 10 heteroatoms. The minimum absolute atomic E-state index is 0.0858. The van der Waals surface area contributed by atoms with Crippen LogP contribution in [0.15, 0.2) is 30.3 Å². The number of benzene rings is 1. The van der Waals surface area contributed by atoms with Crippen LogP contribution in [0.5, 0.6) is 0 Å². The maximum atomic E-state index is 11.7. The number of ether oxygens (including phenoxy) is 8. The highest BCUT2D eigenvalue weighted by Crippen LogP contribution is 2.06. The molecule has 0 atom stereocenters. The Hall–Kier alpha value is -2.08. The molecule has 0 aliphatic rings. The molecule has 0 saturated heterocycles. The lowest BCUT2D eigenvalue weighted by Crippen LogP contribution is -2.27. The second-order valence-corrected chi connectivity index (χ2v) is 8.20. The molecular formula is C25H40O10. The molecule has 0 aromatic heterocycles. The highest BCUT2D eigenvalue weighted by Gasteiger charge is 2.15. The zero-order chi connectivity index (χ0) is 25.6. The van der Waals surface area contributed by atoms with Crippen molar-refractivity contribution in [2.24, 2.45) is 0 Å². The van der Waals surface area contributed by atoms with E-state index in [9.17, 15) is 9.59 Å². The number of esters is 2. The van der Waals surface area contributed by atoms with Crippen molar-refractivity contribution in [2.45, 2.75) is 26.4 Å². The Bertz CT molecular complexity index is 660. The third-order valence-corrected chi connectivity index (χ3v) is 3.97. The highest BCUT2D eigenvalue weighted by atomic mass is 16.6. The SMILES string of the molecule is CC(C)(C)OC(=O)COCCOCCOCCOCCOCCOCCOC(=O)c1ccccc1. The molecule has 0 fully saturated rings. The van der Waals surface area contributed by atoms with Crippen molar-refractivity contribution >= 4 is 11.9 Å². The van der Waals surface area contributed by atoms with Gasteiger partial charge in [-0.25, -0.2) is 9.59 Å². The van der Waals surface area contributed by atoms with Gasteiger partial charge < -0.3 is 37.9 Å². The van der Waals surface area contributed by atoms with Crippen molar-refractivity contribution in [3.63, 3.8) is 0 Å². The molecule has 1 aromatic rings. The predicted molar refractivity (Wildman–Crippen MR) is 127 cm³/mol. The van der Waals surface area contributed by atoms with E-state index in [1.165, 1.54) is 0 Å². The van der Waals surface area contributed by atoms with Crippen molar-refractivity contribution in [3.05, 3.63) is 35.9 Å². The predicted octanol–water partition coefficient (Wildman–Crippen LogP) is 2.28. The maximum absolute atomic E-state index is 11.7. The van der Waals surface area contributed by atoms with Gasteiger partial charge in [-0.2, -0.15) is 0 Å². The van der Waals surface area contributed by atoms with Crippen LogP contribution in [0, 0.1) is 0 Å². The van der Waals surface area contributed by atoms with Gasteiger partial charge in [0.25, 0.3) is 0 Å². The zero-order valence-electron chi connectivity index (χ0n) is 21.2. The standard InChI is InChI=1S/C25H40O10/c1-25(2,3)35-23(26)21-33-18-17-31-14-13-29-10-9-28-11-12-30-15-16-32-19-20-34-24(27)22-7-5-4-6-8-22/h4-8H,9-21H2,1-3H3. The fourth-order valence-corrected chi connectivity index (χ4v) is 2.48. The van der Waals surface area contributed by atoms with E-state index in [2.05, 4.69) is 0 Å². The van der Waals surface area contributed by atoms with Crippen LogP contribution in [-0.2, 0) is 42.7 Å². The van der Waals surface area contributed by atoms with E-state index in [0.29, 0.717) is 78.2 Å². The molecule has 200 valence electrons. The van der Waals surface area contributed by atoms with Gasteiger partial charge in [-0.05, 0) is 32.9 Å². The molecule has 0 amide bonds. The summed E-state index contributed by atoms with van der Waals surface area (Å²) in [6.07, 6.45) is 0. The van der Waals surface area contributed by atoms with Gasteiger partial charge >= 0.3 is 11.9 Å². The van der Waals surface area contributed by atoms with Crippen LogP contribution in [0.1, 0.15) is 31.1 Å². The van der Waals surface area contributed by atoms with Crippen LogP contribution in [0.3, 0.4) is 0 Å². The molecule has 0 aliphatic heterocycles. The first-order valence-electron chi connectivity index (χ1n) is 11.8. The van der Waals surface area contributed by atoms with E-state index in [4.69, 9.17) is 37.9 Å². The third kappa shape index (κ3) is 19.9. The first-order chi connectivity index (χ1) is 16.9. The summed E-state index contributed by atoms with van der Waals surface area (Å²) in [5.74, 6) is -0.751. The summed E-state index contributed by atoms with van der Waals surface area (Å²) < 4.78 is 42.4. The zero-order valence-corrected chi connectivity index (χ0v) is 21.2. The molecule has 0 aliphatic carbocycles. The Kier molecular flexibility index (Phi) is 17.8. The monoisotopic (exact) mass is 500 g/mol. The average molecular weight is 501 g/mol. The van der Waals surface area contributed by atoms with Crippen molar-refractivity contribution in [3.8, 4) is 0 Å². The van der Waals surface area contributed by atoms with Crippen LogP contribution in [-0.4, -0.2) is 103 Å². The van der Waals surface area contributed by atoms with Crippen LogP contribution in [0.4, 0.5) is 0 Å². The molecule has 0 bridgehead atoms. The van der Waals surface area contributed by atoms with E-state index < -0.39 is 11.6 Å². The summed E-state index contributed by atoms with van der Waals surface area (Å²) >= 11 is 0. The van der Waals surface area contributed by atoms with E-state index >= 15 is 0 Å². The van der Waals surface area contributed by atoms with Crippen LogP contribution in [0.25, 0.3) is 0 Å². The fraction of sp³-hybridized carbons (Fsp3) is 0.680. The van der Waals surface area contributed by atoms with Crippen LogP contribution in [0.2, 0.25) is 0 Å². The molecule has 0 spiro atoms. The lowest BCUT2D eigenvalue weighted by atomic mass is 10.2. The molecule has 0 heterocycles. The lowest BCUT2D eigenvalue weighted by Gasteiger charge is -2.19. The molecule has 0 saturated carbocycles. The molecule has 1 aromatic carbocycles. The van der Waals surface area contributed by atoms with Crippen LogP contribution < -0.4 is 0 Å². The van der Waals surface area contributed by atoms with E-state index in [-0.39, 0.29) is 19.2 Å². The van der Waals surface area contributed by atoms with Crippen molar-refractivity contribution in [2.75, 3.05) is 85.9 Å². The minimum Gasteiger partial charge on any atom is -0.460 e. The number of carbonyl (C=O) groups is 2. The van der Waals surface area contributed by atoms with Gasteiger partial charge in [0.1, 0.15) is 18.8 Å². The van der Waals surface area contributed by atoms with Crippen LogP contribution >= 0.6 is 0 Å². The summed E-state index contributed by atoms with van der Waals surface area (Å²) in [5, 5.41) is 0. The number of carbonyl (C=O) groups excluding carboxylic acids is 2. The van der Waals surface area contributed by atoms with Crippen molar-refractivity contribution in [1.82, 2.24) is 0 Å². The average Bonchev–Trinajstić information content (AvgIpc) is 2.82. The van der Waals surface area contributed by atoms with Gasteiger partial charge in [0.15, 0.2) is 0 Å². The van der Waals surface area contributed by atoms with Gasteiger partial charge in [-0.15, -0.1) is 0 Å². The Labute approximate surface area is 208 Å². The number of hydrogen-bond donors (Lipinski definition) is 0. The minimum atomic E-state index is -0.510. The number of rotatable bonds is 21. The molecule has 0 N–H and O–H groups in total. The summed E-state index contributed by atoms with van der Waals surface area (Å²) in [5.41, 5.74) is 0.0112. The third-order valence-electron chi connectivity index (χ3n) is 3.97. The Balaban J connectivity index is 1.73. The van der Waals surface area contributed by atoms with E-state index in [1.54, 1.807) is 24.3 Å². The van der Waals surface area contributed by atoms with Gasteiger partial charge in [0.05, 0.1) is 78.2 Å². The molecule has 0 radical (unpaired) electrons. The molecular weight excluding hydrogens is 460 g/mol. The Morgan fingerprint density at radius 2 is 1.00 bits per heavy atom. The van der Waals surface area contributed by atoms with Gasteiger partial charge in [-0.1, -0.05) is 18.2 Å². The number of hydrogen-bond acceptors (Lipinski definition) is 10. The first-order valence-corrected chi connectivity index (χ1v) is 11.8. The van der Waals surface area contributed by atoms with Gasteiger partial charge in [0.2, 0.25) is 0 Å². The van der Waals surface area contributed by atoms with Crippen molar-refractivity contribution < 1.29 is 47.5 Å². The highest BCUT2D eigenvalue weighted by molar-refractivity contribution is 5.89. The van der Waals surface area contributed by atoms with E-state index in [1.807, 2.05) is 26.8 Å². The second-order valence-electron chi connectivity index (χ2n) is 8.20. The molecule has 35 heavy (non-hydrogen) atoms. The molecule has 10 nitrogen and oxygen atoms in total. The smallest absolute Gasteiger partial charge is 0.338 e. The van der Waals surface area contributed by atoms with E-state index in [0.717, 1.165) is 0 Å². The molecule has 0 unspecified atom stereocenters. The second kappa shape index (κ2) is 20.1.